The first kappa shape index (κ1) is 49.2. The fraction of sp³-hybridized carbons (Fsp3) is 0.816. The molecule has 0 aromatic carbocycles. The fourth-order valence-corrected chi connectivity index (χ4v) is 5.72. The van der Waals surface area contributed by atoms with Crippen molar-refractivity contribution in [3.05, 3.63) is 0 Å². The average Bonchev–Trinajstić information content (AvgIpc) is 2.97. The van der Waals surface area contributed by atoms with E-state index in [9.17, 15) is 33.6 Å². The molecule has 15 nitrogen and oxygen atoms in total. The molecule has 0 radical (unpaired) electrons. The van der Waals surface area contributed by atoms with Gasteiger partial charge in [-0.15, -0.1) is 0 Å². The summed E-state index contributed by atoms with van der Waals surface area (Å²) >= 11 is 0. The van der Waals surface area contributed by atoms with E-state index in [4.69, 9.17) is 10.8 Å². The number of carbonyl (C=O) groups excluding carboxylic acids is 6. The predicted octanol–water partition coefficient (Wildman–Crippen LogP) is 2.36. The van der Waals surface area contributed by atoms with Crippen LogP contribution in [0.3, 0.4) is 0 Å². The SMILES string of the molecule is CC(C)CC(CC(=O)O)NC(=O)CC(C)NC(=O)CC(NC(=O)C(C)CNC(=O)CC(CC(C)C)NC(=O)CC(C)NC(=O)CC(N)C(C)C)C(C)C. The first-order valence-electron chi connectivity index (χ1n) is 19.2. The van der Waals surface area contributed by atoms with Gasteiger partial charge in [-0.3, -0.25) is 33.6 Å². The lowest BCUT2D eigenvalue weighted by Gasteiger charge is -2.25. The minimum Gasteiger partial charge on any atom is -0.481 e. The molecule has 0 aliphatic carbocycles. The molecule has 306 valence electrons. The van der Waals surface area contributed by atoms with Gasteiger partial charge in [-0.1, -0.05) is 62.3 Å². The van der Waals surface area contributed by atoms with Gasteiger partial charge in [0.05, 0.1) is 12.3 Å². The zero-order valence-corrected chi connectivity index (χ0v) is 34.1. The maximum Gasteiger partial charge on any atom is 0.305 e. The van der Waals surface area contributed by atoms with Crippen molar-refractivity contribution in [1.29, 1.82) is 0 Å². The fourth-order valence-electron chi connectivity index (χ4n) is 5.72. The van der Waals surface area contributed by atoms with Gasteiger partial charge >= 0.3 is 5.97 Å². The van der Waals surface area contributed by atoms with Crippen LogP contribution in [-0.4, -0.2) is 89.3 Å². The lowest BCUT2D eigenvalue weighted by atomic mass is 9.98. The van der Waals surface area contributed by atoms with E-state index >= 15 is 0 Å². The summed E-state index contributed by atoms with van der Waals surface area (Å²) in [6.07, 6.45) is 1.09. The molecule has 0 spiro atoms. The summed E-state index contributed by atoms with van der Waals surface area (Å²) in [5, 5.41) is 26.1. The van der Waals surface area contributed by atoms with Gasteiger partial charge in [-0.05, 0) is 50.4 Å². The number of nitrogens with one attached hydrogen (secondary N) is 6. The molecule has 0 aromatic heterocycles. The van der Waals surface area contributed by atoms with Crippen LogP contribution in [0.5, 0.6) is 0 Å². The van der Waals surface area contributed by atoms with Gasteiger partial charge < -0.3 is 42.7 Å². The van der Waals surface area contributed by atoms with Crippen molar-refractivity contribution in [2.75, 3.05) is 6.54 Å². The number of hydrogen-bond acceptors (Lipinski definition) is 8. The minimum absolute atomic E-state index is 0.0190. The van der Waals surface area contributed by atoms with Gasteiger partial charge in [0, 0.05) is 74.9 Å². The van der Waals surface area contributed by atoms with Crippen LogP contribution in [0.15, 0.2) is 0 Å². The molecule has 0 bridgehead atoms. The zero-order valence-electron chi connectivity index (χ0n) is 34.1. The Morgan fingerprint density at radius 1 is 0.509 bits per heavy atom. The average molecular weight is 754 g/mol. The van der Waals surface area contributed by atoms with Gasteiger partial charge in [-0.25, -0.2) is 0 Å². The third-order valence-electron chi connectivity index (χ3n) is 8.76. The van der Waals surface area contributed by atoms with Gasteiger partial charge in [0.25, 0.3) is 0 Å². The van der Waals surface area contributed by atoms with Gasteiger partial charge in [0.15, 0.2) is 0 Å². The highest BCUT2D eigenvalue weighted by atomic mass is 16.4. The Kier molecular flexibility index (Phi) is 23.5. The molecule has 0 aliphatic rings. The number of rotatable bonds is 26. The molecule has 7 atom stereocenters. The molecule has 53 heavy (non-hydrogen) atoms. The van der Waals surface area contributed by atoms with E-state index in [1.165, 1.54) is 0 Å². The molecule has 0 aromatic rings. The molecular formula is C38H71N7O8. The third kappa shape index (κ3) is 24.2. The van der Waals surface area contributed by atoms with Gasteiger partial charge in [-0.2, -0.15) is 0 Å². The molecule has 15 heteroatoms. The van der Waals surface area contributed by atoms with Crippen LogP contribution in [0.2, 0.25) is 0 Å². The second kappa shape index (κ2) is 25.3. The third-order valence-corrected chi connectivity index (χ3v) is 8.76. The van der Waals surface area contributed by atoms with Crippen molar-refractivity contribution in [1.82, 2.24) is 31.9 Å². The first-order valence-corrected chi connectivity index (χ1v) is 19.2. The second-order valence-electron chi connectivity index (χ2n) is 16.3. The Morgan fingerprint density at radius 2 is 0.943 bits per heavy atom. The van der Waals surface area contributed by atoms with E-state index in [-0.39, 0.29) is 110 Å². The van der Waals surface area contributed by atoms with E-state index in [0.717, 1.165) is 0 Å². The summed E-state index contributed by atoms with van der Waals surface area (Å²) in [4.78, 5) is 87.7. The Balaban J connectivity index is 4.98. The van der Waals surface area contributed by atoms with Crippen LogP contribution in [0.1, 0.15) is 128 Å². The number of aliphatic carboxylic acids is 1. The predicted molar refractivity (Wildman–Crippen MR) is 205 cm³/mol. The quantitative estimate of drug-likeness (QED) is 0.0646. The van der Waals surface area contributed by atoms with Crippen molar-refractivity contribution in [3.8, 4) is 0 Å². The van der Waals surface area contributed by atoms with Crippen molar-refractivity contribution in [3.63, 3.8) is 0 Å². The van der Waals surface area contributed by atoms with E-state index in [1.807, 2.05) is 55.4 Å². The largest absolute Gasteiger partial charge is 0.481 e. The lowest BCUT2D eigenvalue weighted by molar-refractivity contribution is -0.138. The van der Waals surface area contributed by atoms with E-state index in [0.29, 0.717) is 12.8 Å². The van der Waals surface area contributed by atoms with Crippen LogP contribution in [0.25, 0.3) is 0 Å². The van der Waals surface area contributed by atoms with Crippen LogP contribution in [0, 0.1) is 29.6 Å². The molecule has 0 heterocycles. The maximum atomic E-state index is 13.1. The minimum atomic E-state index is -0.999. The molecule has 9 N–H and O–H groups in total. The van der Waals surface area contributed by atoms with Crippen molar-refractivity contribution >= 4 is 41.4 Å². The maximum absolute atomic E-state index is 13.1. The Labute approximate surface area is 317 Å². The molecule has 7 unspecified atom stereocenters. The summed E-state index contributed by atoms with van der Waals surface area (Å²) in [6, 6.07) is -2.64. The van der Waals surface area contributed by atoms with Crippen molar-refractivity contribution in [2.24, 2.45) is 35.3 Å². The number of amides is 6. The monoisotopic (exact) mass is 754 g/mol. The summed E-state index contributed by atoms with van der Waals surface area (Å²) in [5.41, 5.74) is 5.98. The molecule has 0 rings (SSSR count). The molecule has 0 aliphatic heterocycles. The second-order valence-corrected chi connectivity index (χ2v) is 16.3. The number of carboxylic acid groups (broad SMARTS) is 1. The van der Waals surface area contributed by atoms with E-state index in [2.05, 4.69) is 31.9 Å². The lowest BCUT2D eigenvalue weighted by Crippen LogP contribution is -2.48. The summed E-state index contributed by atoms with van der Waals surface area (Å²) in [5.74, 6) is -3.02. The van der Waals surface area contributed by atoms with Crippen LogP contribution < -0.4 is 37.6 Å². The van der Waals surface area contributed by atoms with E-state index in [1.54, 1.807) is 20.8 Å². The number of hydrogen-bond donors (Lipinski definition) is 8. The number of carbonyl (C=O) groups is 7. The van der Waals surface area contributed by atoms with Crippen molar-refractivity contribution in [2.45, 2.75) is 164 Å². The van der Waals surface area contributed by atoms with Gasteiger partial charge in [0.2, 0.25) is 35.4 Å². The molecule has 0 fully saturated rings. The van der Waals surface area contributed by atoms with Crippen LogP contribution in [-0.2, 0) is 33.6 Å². The highest BCUT2D eigenvalue weighted by Gasteiger charge is 2.26. The normalized spacial score (nSPS) is 15.5. The number of nitrogens with two attached hydrogens (primary N) is 1. The topological polar surface area (TPSA) is 238 Å². The molecule has 6 amide bonds. The standard InChI is InChI=1S/C38H71N7O8/c1-21(2)12-28(43-33(47)14-26(10)41-35(49)18-30(39)23(5)6)16-32(46)40-20-25(9)38(53)45-31(24(7)8)19-36(50)42-27(11)15-34(48)44-29(13-22(3)4)17-37(51)52/h21-31H,12-20,39H2,1-11H3,(H,40,46)(H,41,49)(H,42,50)(H,43,47)(H,44,48)(H,45,53)(H,51,52). The highest BCUT2D eigenvalue weighted by molar-refractivity contribution is 5.84. The van der Waals surface area contributed by atoms with Crippen molar-refractivity contribution < 1.29 is 38.7 Å². The summed E-state index contributed by atoms with van der Waals surface area (Å²) < 4.78 is 0. The van der Waals surface area contributed by atoms with E-state index < -0.39 is 42.1 Å². The first-order chi connectivity index (χ1) is 24.5. The zero-order chi connectivity index (χ0) is 41.0. The summed E-state index contributed by atoms with van der Waals surface area (Å²) in [7, 11) is 0. The van der Waals surface area contributed by atoms with Gasteiger partial charge in [0.1, 0.15) is 0 Å². The molecular weight excluding hydrogens is 682 g/mol. The Bertz CT molecular complexity index is 1190. The molecule has 0 saturated heterocycles. The Hall–Kier alpha value is -3.75. The molecule has 0 saturated carbocycles. The smallest absolute Gasteiger partial charge is 0.305 e. The van der Waals surface area contributed by atoms with Crippen LogP contribution in [0.4, 0.5) is 0 Å². The van der Waals surface area contributed by atoms with Crippen LogP contribution >= 0.6 is 0 Å². The Morgan fingerprint density at radius 3 is 1.36 bits per heavy atom. The highest BCUT2D eigenvalue weighted by Crippen LogP contribution is 2.12. The number of carboxylic acids is 1. The summed E-state index contributed by atoms with van der Waals surface area (Å²) in [6.45, 7) is 20.6.